The number of hydrogen-bond donors (Lipinski definition) is 1. The number of ketones is 1. The van der Waals surface area contributed by atoms with Crippen LogP contribution in [0.25, 0.3) is 5.76 Å². The first-order valence-electron chi connectivity index (χ1n) is 12.6. The SMILES string of the molecule is COc1ccc(/C(O)=C2/C(=O)C(=O)N(Cc3cc(C)ccc3C)C2c2ccc(C(C)(C)C)cc2)c(OC)c1. The second-order valence-corrected chi connectivity index (χ2v) is 10.8. The van der Waals surface area contributed by atoms with Gasteiger partial charge >= 0.3 is 0 Å². The van der Waals surface area contributed by atoms with Crippen LogP contribution in [0.4, 0.5) is 0 Å². The van der Waals surface area contributed by atoms with Gasteiger partial charge in [-0.3, -0.25) is 9.59 Å². The normalized spacial score (nSPS) is 17.1. The predicted molar refractivity (Wildman–Crippen MR) is 148 cm³/mol. The molecule has 4 rings (SSSR count). The number of carbonyl (C=O) groups excluding carboxylic acids is 2. The number of Topliss-reactive ketones (excluding diaryl/α,β-unsaturated/α-hetero) is 1. The molecule has 0 bridgehead atoms. The zero-order valence-electron chi connectivity index (χ0n) is 23.1. The molecule has 0 aliphatic carbocycles. The summed E-state index contributed by atoms with van der Waals surface area (Å²) in [4.78, 5) is 28.6. The first-order valence-corrected chi connectivity index (χ1v) is 12.6. The Morgan fingerprint density at radius 1 is 0.921 bits per heavy atom. The van der Waals surface area contributed by atoms with Gasteiger partial charge in [-0.05, 0) is 53.6 Å². The van der Waals surface area contributed by atoms with Gasteiger partial charge in [-0.25, -0.2) is 0 Å². The summed E-state index contributed by atoms with van der Waals surface area (Å²) in [5, 5.41) is 11.5. The smallest absolute Gasteiger partial charge is 0.295 e. The van der Waals surface area contributed by atoms with Gasteiger partial charge in [-0.15, -0.1) is 0 Å². The van der Waals surface area contributed by atoms with Gasteiger partial charge in [0.25, 0.3) is 11.7 Å². The highest BCUT2D eigenvalue weighted by Crippen LogP contribution is 2.43. The third-order valence-electron chi connectivity index (χ3n) is 7.14. The third kappa shape index (κ3) is 5.03. The van der Waals surface area contributed by atoms with E-state index in [1.807, 2.05) is 56.3 Å². The van der Waals surface area contributed by atoms with Gasteiger partial charge in [0.1, 0.15) is 17.3 Å². The lowest BCUT2D eigenvalue weighted by Crippen LogP contribution is -2.29. The summed E-state index contributed by atoms with van der Waals surface area (Å²) in [6.07, 6.45) is 0. The summed E-state index contributed by atoms with van der Waals surface area (Å²) < 4.78 is 10.8. The summed E-state index contributed by atoms with van der Waals surface area (Å²) in [6.45, 7) is 10.6. The van der Waals surface area contributed by atoms with Crippen molar-refractivity contribution < 1.29 is 24.2 Å². The Balaban J connectivity index is 1.91. The van der Waals surface area contributed by atoms with Gasteiger partial charge in [-0.2, -0.15) is 0 Å². The fourth-order valence-corrected chi connectivity index (χ4v) is 4.85. The van der Waals surface area contributed by atoms with Gasteiger partial charge in [0.15, 0.2) is 0 Å². The average Bonchev–Trinajstić information content (AvgIpc) is 3.14. The quantitative estimate of drug-likeness (QED) is 0.240. The first-order chi connectivity index (χ1) is 18.0. The molecule has 3 aromatic rings. The zero-order valence-corrected chi connectivity index (χ0v) is 23.1. The number of amides is 1. The summed E-state index contributed by atoms with van der Waals surface area (Å²) in [5.74, 6) is -0.774. The lowest BCUT2D eigenvalue weighted by atomic mass is 9.85. The second kappa shape index (κ2) is 10.4. The standard InChI is InChI=1S/C32H35NO5/c1-19-8-9-20(2)22(16-19)18-33-28(21-10-12-23(13-11-21)32(3,4)5)27(30(35)31(33)36)29(34)25-15-14-24(37-6)17-26(25)38-7/h8-17,28,34H,18H2,1-7H3/b29-27-. The maximum absolute atomic E-state index is 13.5. The van der Waals surface area contributed by atoms with E-state index in [-0.39, 0.29) is 23.3 Å². The molecule has 0 saturated carbocycles. The molecule has 198 valence electrons. The minimum Gasteiger partial charge on any atom is -0.507 e. The maximum atomic E-state index is 13.5. The van der Waals surface area contributed by atoms with Gasteiger partial charge < -0.3 is 19.5 Å². The molecule has 1 saturated heterocycles. The monoisotopic (exact) mass is 513 g/mol. The van der Waals surface area contributed by atoms with E-state index in [1.54, 1.807) is 23.1 Å². The Kier molecular flexibility index (Phi) is 7.36. The molecule has 1 aliphatic heterocycles. The van der Waals surface area contributed by atoms with Crippen LogP contribution in [-0.2, 0) is 21.5 Å². The highest BCUT2D eigenvalue weighted by atomic mass is 16.5. The number of likely N-dealkylation sites (tertiary alicyclic amines) is 1. The highest BCUT2D eigenvalue weighted by Gasteiger charge is 2.46. The number of nitrogens with zero attached hydrogens (tertiary/aromatic N) is 1. The molecule has 1 fully saturated rings. The van der Waals surface area contributed by atoms with Gasteiger partial charge in [0.2, 0.25) is 0 Å². The van der Waals surface area contributed by atoms with Crippen LogP contribution in [0.1, 0.15) is 60.2 Å². The molecule has 1 atom stereocenters. The summed E-state index contributed by atoms with van der Waals surface area (Å²) >= 11 is 0. The molecule has 0 spiro atoms. The molecule has 1 unspecified atom stereocenters. The topological polar surface area (TPSA) is 76.1 Å². The van der Waals surface area contributed by atoms with Crippen LogP contribution in [0.15, 0.2) is 66.2 Å². The number of aliphatic hydroxyl groups excluding tert-OH is 1. The van der Waals surface area contributed by atoms with E-state index in [4.69, 9.17) is 9.47 Å². The lowest BCUT2D eigenvalue weighted by molar-refractivity contribution is -0.140. The first kappa shape index (κ1) is 27.0. The van der Waals surface area contributed by atoms with Crippen molar-refractivity contribution in [3.63, 3.8) is 0 Å². The maximum Gasteiger partial charge on any atom is 0.295 e. The molecule has 1 heterocycles. The van der Waals surface area contributed by atoms with Crippen molar-refractivity contribution in [2.45, 2.75) is 52.6 Å². The van der Waals surface area contributed by atoms with E-state index < -0.39 is 17.7 Å². The van der Waals surface area contributed by atoms with Crippen molar-refractivity contribution in [1.29, 1.82) is 0 Å². The van der Waals surface area contributed by atoms with Crippen LogP contribution in [0.5, 0.6) is 11.5 Å². The molecule has 1 aliphatic rings. The van der Waals surface area contributed by atoms with E-state index in [9.17, 15) is 14.7 Å². The number of ether oxygens (including phenoxy) is 2. The Bertz CT molecular complexity index is 1410. The molecule has 1 N–H and O–H groups in total. The van der Waals surface area contributed by atoms with Crippen molar-refractivity contribution in [3.8, 4) is 11.5 Å². The zero-order chi connectivity index (χ0) is 27.8. The van der Waals surface area contributed by atoms with E-state index in [1.165, 1.54) is 14.2 Å². The van der Waals surface area contributed by atoms with E-state index in [0.29, 0.717) is 17.1 Å². The van der Waals surface area contributed by atoms with Crippen molar-refractivity contribution in [1.82, 2.24) is 4.90 Å². The Morgan fingerprint density at radius 2 is 1.61 bits per heavy atom. The largest absolute Gasteiger partial charge is 0.507 e. The number of hydrogen-bond acceptors (Lipinski definition) is 5. The van der Waals surface area contributed by atoms with Crippen LogP contribution in [0, 0.1) is 13.8 Å². The highest BCUT2D eigenvalue weighted by molar-refractivity contribution is 6.46. The van der Waals surface area contributed by atoms with Crippen molar-refractivity contribution in [2.75, 3.05) is 14.2 Å². The predicted octanol–water partition coefficient (Wildman–Crippen LogP) is 6.24. The fraction of sp³-hybridized carbons (Fsp3) is 0.312. The fourth-order valence-electron chi connectivity index (χ4n) is 4.85. The third-order valence-corrected chi connectivity index (χ3v) is 7.14. The van der Waals surface area contributed by atoms with Crippen molar-refractivity contribution >= 4 is 17.4 Å². The number of aryl methyl sites for hydroxylation is 2. The molecule has 6 nitrogen and oxygen atoms in total. The number of carbonyl (C=O) groups is 2. The number of benzene rings is 3. The van der Waals surface area contributed by atoms with E-state index in [0.717, 1.165) is 27.8 Å². The molecule has 6 heteroatoms. The second-order valence-electron chi connectivity index (χ2n) is 10.8. The van der Waals surface area contributed by atoms with Crippen LogP contribution < -0.4 is 9.47 Å². The molecule has 1 amide bonds. The van der Waals surface area contributed by atoms with Gasteiger partial charge in [0.05, 0.1) is 31.4 Å². The minimum absolute atomic E-state index is 0.0345. The summed E-state index contributed by atoms with van der Waals surface area (Å²) in [6, 6.07) is 18.1. The van der Waals surface area contributed by atoms with Crippen LogP contribution >= 0.6 is 0 Å². The van der Waals surface area contributed by atoms with Crippen LogP contribution in [0.2, 0.25) is 0 Å². The van der Waals surface area contributed by atoms with Crippen molar-refractivity contribution in [3.05, 3.63) is 99.6 Å². The summed E-state index contributed by atoms with van der Waals surface area (Å²) in [5.41, 5.74) is 5.20. The number of methoxy groups -OCH3 is 2. The summed E-state index contributed by atoms with van der Waals surface area (Å²) in [7, 11) is 3.02. The van der Waals surface area contributed by atoms with Crippen LogP contribution in [-0.4, -0.2) is 35.9 Å². The minimum atomic E-state index is -0.768. The molecular formula is C32H35NO5. The van der Waals surface area contributed by atoms with E-state index in [2.05, 4.69) is 20.8 Å². The van der Waals surface area contributed by atoms with Crippen LogP contribution in [0.3, 0.4) is 0 Å². The lowest BCUT2D eigenvalue weighted by Gasteiger charge is -2.27. The molecular weight excluding hydrogens is 478 g/mol. The Morgan fingerprint density at radius 3 is 2.21 bits per heavy atom. The van der Waals surface area contributed by atoms with Gasteiger partial charge in [0, 0.05) is 12.6 Å². The number of aliphatic hydroxyl groups is 1. The average molecular weight is 514 g/mol. The molecule has 0 aromatic heterocycles. The Labute approximate surface area is 224 Å². The van der Waals surface area contributed by atoms with Gasteiger partial charge in [-0.1, -0.05) is 68.8 Å². The Hall–Kier alpha value is -4.06. The molecule has 0 radical (unpaired) electrons. The number of rotatable bonds is 6. The van der Waals surface area contributed by atoms with E-state index >= 15 is 0 Å². The molecule has 3 aromatic carbocycles. The van der Waals surface area contributed by atoms with Crippen molar-refractivity contribution in [2.24, 2.45) is 0 Å². The molecule has 38 heavy (non-hydrogen) atoms.